The van der Waals surface area contributed by atoms with E-state index in [-0.39, 0.29) is 17.8 Å². The van der Waals surface area contributed by atoms with Gasteiger partial charge in [-0.1, -0.05) is 11.2 Å². The van der Waals surface area contributed by atoms with E-state index < -0.39 is 0 Å². The second-order valence-corrected chi connectivity index (χ2v) is 7.41. The molecule has 0 N–H and O–H groups in total. The minimum absolute atomic E-state index is 0.0270. The highest BCUT2D eigenvalue weighted by Gasteiger charge is 2.40. The lowest BCUT2D eigenvalue weighted by Crippen LogP contribution is -2.30. The molecule has 0 radical (unpaired) electrons. The molecule has 4 heterocycles. The van der Waals surface area contributed by atoms with E-state index in [1.807, 2.05) is 27.7 Å². The van der Waals surface area contributed by atoms with Crippen molar-refractivity contribution < 1.29 is 9.32 Å². The van der Waals surface area contributed by atoms with Crippen molar-refractivity contribution in [2.75, 3.05) is 6.54 Å². The lowest BCUT2D eigenvalue weighted by molar-refractivity contribution is 0.0738. The number of halogens is 2. The van der Waals surface area contributed by atoms with Crippen LogP contribution in [0.15, 0.2) is 33.5 Å². The zero-order valence-corrected chi connectivity index (χ0v) is 15.9. The van der Waals surface area contributed by atoms with Crippen LogP contribution in [-0.2, 0) is 5.88 Å². The first-order valence-electron chi connectivity index (χ1n) is 8.25. The molecular weight excluding hydrogens is 422 g/mol. The van der Waals surface area contributed by atoms with Crippen molar-refractivity contribution >= 4 is 33.4 Å². The van der Waals surface area contributed by atoms with Gasteiger partial charge in [0.15, 0.2) is 0 Å². The molecule has 26 heavy (non-hydrogen) atoms. The van der Waals surface area contributed by atoms with Crippen molar-refractivity contribution in [1.82, 2.24) is 24.6 Å². The van der Waals surface area contributed by atoms with Gasteiger partial charge < -0.3 is 9.42 Å². The van der Waals surface area contributed by atoms with Crippen molar-refractivity contribution in [1.29, 1.82) is 0 Å². The van der Waals surface area contributed by atoms with Crippen LogP contribution in [0.4, 0.5) is 0 Å². The van der Waals surface area contributed by atoms with Crippen LogP contribution in [0, 0.1) is 0 Å². The van der Waals surface area contributed by atoms with E-state index in [9.17, 15) is 4.79 Å². The molecule has 1 unspecified atom stereocenters. The Kier molecular flexibility index (Phi) is 3.65. The van der Waals surface area contributed by atoms with Crippen LogP contribution in [0.5, 0.6) is 0 Å². The van der Waals surface area contributed by atoms with E-state index in [0.29, 0.717) is 29.5 Å². The molecule has 9 heteroatoms. The van der Waals surface area contributed by atoms with E-state index in [0.717, 1.165) is 28.7 Å². The van der Waals surface area contributed by atoms with Crippen molar-refractivity contribution in [3.05, 3.63) is 46.1 Å². The number of carbonyl (C=O) groups excluding carboxylic acids is 1. The van der Waals surface area contributed by atoms with Gasteiger partial charge in [0.1, 0.15) is 17.9 Å². The summed E-state index contributed by atoms with van der Waals surface area (Å²) in [5.74, 6) is 0.915. The molecule has 1 atom stereocenters. The topological polar surface area (TPSA) is 77.0 Å². The summed E-state index contributed by atoms with van der Waals surface area (Å²) in [5.41, 5.74) is 2.99. The number of aromatic nitrogens is 4. The van der Waals surface area contributed by atoms with Gasteiger partial charge in [0, 0.05) is 11.0 Å². The molecule has 1 amide bonds. The van der Waals surface area contributed by atoms with E-state index in [4.69, 9.17) is 16.1 Å². The third kappa shape index (κ3) is 2.18. The molecule has 1 saturated heterocycles. The third-order valence-corrected chi connectivity index (χ3v) is 5.78. The molecule has 0 aliphatic carbocycles. The fraction of sp³-hybridized carbons (Fsp3) is 0.294. The molecule has 2 aliphatic heterocycles. The van der Waals surface area contributed by atoms with Gasteiger partial charge in [0.25, 0.3) is 5.91 Å². The summed E-state index contributed by atoms with van der Waals surface area (Å²) < 4.78 is 7.90. The number of imidazole rings is 1. The van der Waals surface area contributed by atoms with Gasteiger partial charge in [0.2, 0.25) is 11.7 Å². The second-order valence-electron chi connectivity index (χ2n) is 6.28. The standard InChI is InChI=1S/C17H13BrClN5O2/c18-9-3-1-4-10-13(9)17(25)23-6-2-5-11(23)15-14(20-8-24(10)15)16-21-12(7-19)26-22-16/h1,3-4,8,11H,2,5-7H2. The number of carbonyl (C=O) groups is 1. The molecule has 2 aromatic heterocycles. The summed E-state index contributed by atoms with van der Waals surface area (Å²) in [6.45, 7) is 0.716. The van der Waals surface area contributed by atoms with Gasteiger partial charge in [-0.15, -0.1) is 11.6 Å². The molecule has 2 aliphatic rings. The Morgan fingerprint density at radius 3 is 3.08 bits per heavy atom. The van der Waals surface area contributed by atoms with Crippen LogP contribution in [0.1, 0.15) is 40.8 Å². The normalized spacial score (nSPS) is 18.5. The van der Waals surface area contributed by atoms with Gasteiger partial charge in [-0.3, -0.25) is 9.36 Å². The Hall–Kier alpha value is -2.19. The first kappa shape index (κ1) is 16.0. The number of nitrogens with zero attached hydrogens (tertiary/aromatic N) is 5. The molecule has 1 aromatic carbocycles. The molecule has 0 saturated carbocycles. The number of benzene rings is 1. The first-order chi connectivity index (χ1) is 12.7. The minimum Gasteiger partial charge on any atom is -0.338 e. The molecule has 5 rings (SSSR count). The molecule has 7 nitrogen and oxygen atoms in total. The van der Waals surface area contributed by atoms with Crippen LogP contribution in [0.3, 0.4) is 0 Å². The van der Waals surface area contributed by atoms with Crippen LogP contribution < -0.4 is 0 Å². The molecule has 1 fully saturated rings. The van der Waals surface area contributed by atoms with Crippen molar-refractivity contribution in [3.63, 3.8) is 0 Å². The van der Waals surface area contributed by atoms with E-state index in [1.165, 1.54) is 0 Å². The molecule has 0 bridgehead atoms. The van der Waals surface area contributed by atoms with Crippen molar-refractivity contribution in [2.45, 2.75) is 24.8 Å². The van der Waals surface area contributed by atoms with Gasteiger partial charge >= 0.3 is 0 Å². The maximum absolute atomic E-state index is 13.2. The monoisotopic (exact) mass is 433 g/mol. The Morgan fingerprint density at radius 2 is 2.27 bits per heavy atom. The summed E-state index contributed by atoms with van der Waals surface area (Å²) in [6.07, 6.45) is 3.54. The summed E-state index contributed by atoms with van der Waals surface area (Å²) in [6, 6.07) is 5.65. The van der Waals surface area contributed by atoms with Gasteiger partial charge in [0.05, 0.1) is 23.0 Å². The average Bonchev–Trinajstić information content (AvgIpc) is 3.37. The Bertz CT molecular complexity index is 1030. The highest BCUT2D eigenvalue weighted by molar-refractivity contribution is 9.10. The van der Waals surface area contributed by atoms with E-state index in [1.54, 1.807) is 6.33 Å². The van der Waals surface area contributed by atoms with Gasteiger partial charge in [-0.05, 0) is 40.9 Å². The summed E-state index contributed by atoms with van der Waals surface area (Å²) in [5, 5.41) is 4.02. The highest BCUT2D eigenvalue weighted by atomic mass is 79.9. The van der Waals surface area contributed by atoms with E-state index in [2.05, 4.69) is 31.1 Å². The molecule has 132 valence electrons. The van der Waals surface area contributed by atoms with Gasteiger partial charge in [-0.2, -0.15) is 4.98 Å². The maximum atomic E-state index is 13.2. The fourth-order valence-electron chi connectivity index (χ4n) is 3.81. The smallest absolute Gasteiger partial charge is 0.257 e. The zero-order valence-electron chi connectivity index (χ0n) is 13.5. The summed E-state index contributed by atoms with van der Waals surface area (Å²) in [7, 11) is 0. The third-order valence-electron chi connectivity index (χ3n) is 4.89. The number of alkyl halides is 1. The average molecular weight is 435 g/mol. The predicted octanol–water partition coefficient (Wildman–Crippen LogP) is 3.71. The van der Waals surface area contributed by atoms with Crippen molar-refractivity contribution in [2.24, 2.45) is 0 Å². The van der Waals surface area contributed by atoms with Crippen LogP contribution in [-0.4, -0.2) is 37.0 Å². The van der Waals surface area contributed by atoms with Crippen LogP contribution in [0.2, 0.25) is 0 Å². The second kappa shape index (κ2) is 5.92. The molecule has 3 aromatic rings. The first-order valence-corrected chi connectivity index (χ1v) is 9.58. The highest BCUT2D eigenvalue weighted by Crippen LogP contribution is 2.43. The lowest BCUT2D eigenvalue weighted by atomic mass is 10.1. The number of fused-ring (bicyclic) bond motifs is 5. The largest absolute Gasteiger partial charge is 0.338 e. The maximum Gasteiger partial charge on any atom is 0.257 e. The SMILES string of the molecule is O=C1c2c(Br)cccc2-n2cnc(-c3noc(CCl)n3)c2C2CCCN12. The minimum atomic E-state index is -0.0720. The zero-order chi connectivity index (χ0) is 17.8. The van der Waals surface area contributed by atoms with Crippen LogP contribution in [0.25, 0.3) is 17.2 Å². The molecule has 0 spiro atoms. The number of amides is 1. The fourth-order valence-corrected chi connectivity index (χ4v) is 4.44. The number of hydrogen-bond acceptors (Lipinski definition) is 5. The van der Waals surface area contributed by atoms with E-state index >= 15 is 0 Å². The predicted molar refractivity (Wildman–Crippen MR) is 97.1 cm³/mol. The Balaban J connectivity index is 1.78. The van der Waals surface area contributed by atoms with Crippen molar-refractivity contribution in [3.8, 4) is 17.2 Å². The lowest BCUT2D eigenvalue weighted by Gasteiger charge is -2.22. The quantitative estimate of drug-likeness (QED) is 0.575. The number of rotatable bonds is 2. The van der Waals surface area contributed by atoms with Crippen LogP contribution >= 0.6 is 27.5 Å². The Labute approximate surface area is 162 Å². The number of hydrogen-bond donors (Lipinski definition) is 0. The summed E-state index contributed by atoms with van der Waals surface area (Å²) in [4.78, 5) is 24.0. The molecular formula is C17H13BrClN5O2. The Morgan fingerprint density at radius 1 is 1.38 bits per heavy atom. The summed E-state index contributed by atoms with van der Waals surface area (Å²) >= 11 is 9.32. The van der Waals surface area contributed by atoms with Gasteiger partial charge in [-0.25, -0.2) is 4.98 Å².